The summed E-state index contributed by atoms with van der Waals surface area (Å²) >= 11 is 3.53. The van der Waals surface area contributed by atoms with E-state index in [1.54, 1.807) is 0 Å². The van der Waals surface area contributed by atoms with Crippen LogP contribution in [0.15, 0.2) is 22.7 Å². The molecule has 1 aromatic rings. The topological polar surface area (TPSA) is 29.3 Å². The van der Waals surface area contributed by atoms with Gasteiger partial charge in [-0.3, -0.25) is 0 Å². The summed E-state index contributed by atoms with van der Waals surface area (Å²) in [6.07, 6.45) is 1.29. The van der Waals surface area contributed by atoms with Crippen molar-refractivity contribution in [2.24, 2.45) is 0 Å². The number of hydrogen-bond donors (Lipinski definition) is 1. The summed E-state index contributed by atoms with van der Waals surface area (Å²) in [5.41, 5.74) is 7.74. The molecule has 2 rings (SSSR count). The van der Waals surface area contributed by atoms with Crippen LogP contribution in [0.2, 0.25) is 0 Å². The number of hydrogen-bond acceptors (Lipinski definition) is 2. The largest absolute Gasteiger partial charge is 0.399 e. The molecule has 1 atom stereocenters. The van der Waals surface area contributed by atoms with Gasteiger partial charge in [-0.2, -0.15) is 0 Å². The molecule has 1 heterocycles. The SMILES string of the molecule is CC1CCN1c1ccc(N)cc1Br. The van der Waals surface area contributed by atoms with Crippen molar-refractivity contribution in [2.45, 2.75) is 19.4 Å². The van der Waals surface area contributed by atoms with Crippen LogP contribution in [0.4, 0.5) is 11.4 Å². The van der Waals surface area contributed by atoms with Gasteiger partial charge in [0.05, 0.1) is 5.69 Å². The smallest absolute Gasteiger partial charge is 0.0514 e. The van der Waals surface area contributed by atoms with Crippen LogP contribution in [0.5, 0.6) is 0 Å². The Balaban J connectivity index is 2.30. The lowest BCUT2D eigenvalue weighted by atomic mass is 10.0. The average Bonchev–Trinajstić information content (AvgIpc) is 2.07. The van der Waals surface area contributed by atoms with Gasteiger partial charge in [0.15, 0.2) is 0 Å². The van der Waals surface area contributed by atoms with Crippen molar-refractivity contribution in [1.29, 1.82) is 0 Å². The highest BCUT2D eigenvalue weighted by Gasteiger charge is 2.24. The predicted molar refractivity (Wildman–Crippen MR) is 60.0 cm³/mol. The minimum absolute atomic E-state index is 0.667. The maximum atomic E-state index is 5.67. The van der Waals surface area contributed by atoms with E-state index in [1.807, 2.05) is 12.1 Å². The van der Waals surface area contributed by atoms with Crippen molar-refractivity contribution >= 4 is 27.3 Å². The van der Waals surface area contributed by atoms with Gasteiger partial charge >= 0.3 is 0 Å². The molecule has 3 heteroatoms. The van der Waals surface area contributed by atoms with Crippen LogP contribution in [-0.4, -0.2) is 12.6 Å². The highest BCUT2D eigenvalue weighted by atomic mass is 79.9. The zero-order valence-electron chi connectivity index (χ0n) is 7.63. The van der Waals surface area contributed by atoms with E-state index in [1.165, 1.54) is 12.1 Å². The van der Waals surface area contributed by atoms with Gasteiger partial charge in [-0.05, 0) is 47.5 Å². The average molecular weight is 241 g/mol. The fourth-order valence-electron chi connectivity index (χ4n) is 1.63. The van der Waals surface area contributed by atoms with Crippen LogP contribution in [0, 0.1) is 0 Å². The van der Waals surface area contributed by atoms with Crippen LogP contribution in [0.25, 0.3) is 0 Å². The zero-order valence-corrected chi connectivity index (χ0v) is 9.21. The summed E-state index contributed by atoms with van der Waals surface area (Å²) < 4.78 is 1.10. The molecule has 1 fully saturated rings. The number of nitrogens with two attached hydrogens (primary N) is 1. The molecule has 70 valence electrons. The van der Waals surface area contributed by atoms with Crippen molar-refractivity contribution in [2.75, 3.05) is 17.2 Å². The van der Waals surface area contributed by atoms with Gasteiger partial charge in [-0.1, -0.05) is 0 Å². The molecule has 2 N–H and O–H groups in total. The Morgan fingerprint density at radius 1 is 1.54 bits per heavy atom. The molecular formula is C10H13BrN2. The van der Waals surface area contributed by atoms with Crippen LogP contribution in [-0.2, 0) is 0 Å². The lowest BCUT2D eigenvalue weighted by molar-refractivity contribution is 0.480. The maximum absolute atomic E-state index is 5.67. The van der Waals surface area contributed by atoms with Crippen molar-refractivity contribution in [1.82, 2.24) is 0 Å². The fourth-order valence-corrected chi connectivity index (χ4v) is 2.25. The van der Waals surface area contributed by atoms with E-state index >= 15 is 0 Å². The third-order valence-electron chi connectivity index (χ3n) is 2.60. The van der Waals surface area contributed by atoms with E-state index in [0.717, 1.165) is 16.7 Å². The minimum Gasteiger partial charge on any atom is -0.399 e. The Kier molecular flexibility index (Phi) is 2.20. The monoisotopic (exact) mass is 240 g/mol. The van der Waals surface area contributed by atoms with Crippen molar-refractivity contribution in [3.63, 3.8) is 0 Å². The summed E-state index contributed by atoms with van der Waals surface area (Å²) in [4.78, 5) is 2.38. The standard InChI is InChI=1S/C10H13BrN2/c1-7-4-5-13(7)10-3-2-8(12)6-9(10)11/h2-3,6-7H,4-5,12H2,1H3. The Labute approximate surface area is 86.9 Å². The molecule has 1 aliphatic heterocycles. The van der Waals surface area contributed by atoms with Gasteiger partial charge in [0.2, 0.25) is 0 Å². The highest BCUT2D eigenvalue weighted by Crippen LogP contribution is 2.33. The van der Waals surface area contributed by atoms with Crippen molar-refractivity contribution in [3.8, 4) is 0 Å². The fraction of sp³-hybridized carbons (Fsp3) is 0.400. The molecule has 0 radical (unpaired) electrons. The molecular weight excluding hydrogens is 228 g/mol. The normalized spacial score (nSPS) is 21.4. The molecule has 0 bridgehead atoms. The van der Waals surface area contributed by atoms with Gasteiger partial charge in [0.25, 0.3) is 0 Å². The number of nitrogens with zero attached hydrogens (tertiary/aromatic N) is 1. The molecule has 13 heavy (non-hydrogen) atoms. The molecule has 2 nitrogen and oxygen atoms in total. The van der Waals surface area contributed by atoms with E-state index in [-0.39, 0.29) is 0 Å². The second kappa shape index (κ2) is 3.22. The third-order valence-corrected chi connectivity index (χ3v) is 3.24. The highest BCUT2D eigenvalue weighted by molar-refractivity contribution is 9.10. The van der Waals surface area contributed by atoms with Crippen LogP contribution in [0.3, 0.4) is 0 Å². The van der Waals surface area contributed by atoms with Gasteiger partial charge in [0.1, 0.15) is 0 Å². The van der Waals surface area contributed by atoms with Crippen LogP contribution >= 0.6 is 15.9 Å². The zero-order chi connectivity index (χ0) is 9.42. The van der Waals surface area contributed by atoms with Crippen LogP contribution in [0.1, 0.15) is 13.3 Å². The summed E-state index contributed by atoms with van der Waals surface area (Å²) in [7, 11) is 0. The maximum Gasteiger partial charge on any atom is 0.0514 e. The van der Waals surface area contributed by atoms with Gasteiger partial charge in [-0.25, -0.2) is 0 Å². The second-order valence-electron chi connectivity index (χ2n) is 3.54. The molecule has 1 aliphatic rings. The molecule has 1 aromatic carbocycles. The van der Waals surface area contributed by atoms with Gasteiger partial charge in [-0.15, -0.1) is 0 Å². The first-order chi connectivity index (χ1) is 6.18. The quantitative estimate of drug-likeness (QED) is 0.766. The van der Waals surface area contributed by atoms with E-state index < -0.39 is 0 Å². The first kappa shape index (κ1) is 8.88. The van der Waals surface area contributed by atoms with E-state index in [0.29, 0.717) is 6.04 Å². The number of benzene rings is 1. The van der Waals surface area contributed by atoms with E-state index in [2.05, 4.69) is 33.8 Å². The summed E-state index contributed by atoms with van der Waals surface area (Å²) in [6, 6.07) is 6.65. The lowest BCUT2D eigenvalue weighted by Crippen LogP contribution is -2.45. The molecule has 0 aromatic heterocycles. The first-order valence-corrected chi connectivity index (χ1v) is 5.29. The lowest BCUT2D eigenvalue weighted by Gasteiger charge is -2.41. The molecule has 0 saturated carbocycles. The molecule has 1 unspecified atom stereocenters. The molecule has 0 spiro atoms. The first-order valence-electron chi connectivity index (χ1n) is 4.50. The van der Waals surface area contributed by atoms with Crippen LogP contribution < -0.4 is 10.6 Å². The number of halogens is 1. The Morgan fingerprint density at radius 2 is 2.31 bits per heavy atom. The summed E-state index contributed by atoms with van der Waals surface area (Å²) in [6.45, 7) is 3.40. The molecule has 1 saturated heterocycles. The number of anilines is 2. The van der Waals surface area contributed by atoms with Gasteiger partial charge < -0.3 is 10.6 Å². The number of nitrogen functional groups attached to an aromatic ring is 1. The summed E-state index contributed by atoms with van der Waals surface area (Å²) in [5, 5.41) is 0. The Hall–Kier alpha value is -0.700. The number of rotatable bonds is 1. The van der Waals surface area contributed by atoms with E-state index in [9.17, 15) is 0 Å². The van der Waals surface area contributed by atoms with Gasteiger partial charge in [0, 0.05) is 22.7 Å². The van der Waals surface area contributed by atoms with Crippen molar-refractivity contribution < 1.29 is 0 Å². The van der Waals surface area contributed by atoms with Crippen molar-refractivity contribution in [3.05, 3.63) is 22.7 Å². The summed E-state index contributed by atoms with van der Waals surface area (Å²) in [5.74, 6) is 0. The molecule has 0 amide bonds. The second-order valence-corrected chi connectivity index (χ2v) is 4.40. The Morgan fingerprint density at radius 3 is 2.77 bits per heavy atom. The predicted octanol–water partition coefficient (Wildman–Crippen LogP) is 2.63. The third kappa shape index (κ3) is 1.53. The Bertz CT molecular complexity index is 325. The molecule has 0 aliphatic carbocycles. The van der Waals surface area contributed by atoms with E-state index in [4.69, 9.17) is 5.73 Å². The minimum atomic E-state index is 0.667.